The Kier molecular flexibility index (Phi) is 9.02. The Balaban J connectivity index is 1.43. The fourth-order valence-corrected chi connectivity index (χ4v) is 7.16. The van der Waals surface area contributed by atoms with E-state index in [1.54, 1.807) is 6.07 Å². The highest BCUT2D eigenvalue weighted by Crippen LogP contribution is 2.40. The van der Waals surface area contributed by atoms with Crippen LogP contribution in [0.15, 0.2) is 47.3 Å². The Morgan fingerprint density at radius 3 is 2.41 bits per heavy atom. The van der Waals surface area contributed by atoms with Gasteiger partial charge in [0.15, 0.2) is 0 Å². The van der Waals surface area contributed by atoms with Crippen molar-refractivity contribution in [1.82, 2.24) is 24.7 Å². The number of benzene rings is 2. The molecule has 1 unspecified atom stereocenters. The number of likely N-dealkylation sites (tertiary alicyclic amines) is 1. The highest BCUT2D eigenvalue weighted by atomic mass is 16.3. The molecule has 0 radical (unpaired) electrons. The molecule has 2 aromatic carbocycles. The third kappa shape index (κ3) is 5.74. The van der Waals surface area contributed by atoms with Crippen LogP contribution in [0, 0.1) is 0 Å². The summed E-state index contributed by atoms with van der Waals surface area (Å²) in [5, 5.41) is 14.3. The molecular weight excluding hydrogens is 512 g/mol. The fourth-order valence-electron chi connectivity index (χ4n) is 7.16. The summed E-state index contributed by atoms with van der Waals surface area (Å²) < 4.78 is 1.92. The first-order chi connectivity index (χ1) is 19.8. The first-order valence-corrected chi connectivity index (χ1v) is 15.5. The number of hydrogen-bond acceptors (Lipinski definition) is 7. The van der Waals surface area contributed by atoms with E-state index < -0.39 is 0 Å². The molecule has 1 atom stereocenters. The standard InChI is InChI=1S/C33H48N6O2/c1-6-9-30(38-18-14-25(34-3)15-19-38)31-35-29-13-12-26(23-28(29)32(41)39(31)7-2)37-20-16-33(17-21-37,36(4)5)24-10-8-11-27(40)22-24/h8,10-13,22-23,25,30,34,40H,6-7,9,14-21H2,1-5H3. The maximum absolute atomic E-state index is 14.0. The van der Waals surface area contributed by atoms with Crippen LogP contribution in [-0.2, 0) is 12.1 Å². The lowest BCUT2D eigenvalue weighted by atomic mass is 9.79. The van der Waals surface area contributed by atoms with Crippen molar-refractivity contribution in [2.24, 2.45) is 0 Å². The molecule has 2 fully saturated rings. The van der Waals surface area contributed by atoms with Gasteiger partial charge in [0.1, 0.15) is 11.6 Å². The number of rotatable bonds is 9. The zero-order valence-corrected chi connectivity index (χ0v) is 25.6. The van der Waals surface area contributed by atoms with Crippen molar-refractivity contribution in [3.05, 3.63) is 64.2 Å². The third-order valence-corrected chi connectivity index (χ3v) is 9.72. The molecule has 0 aliphatic carbocycles. The number of phenolic OH excluding ortho intramolecular Hbond substituents is 1. The number of piperidine rings is 2. The number of hydrogen-bond donors (Lipinski definition) is 2. The summed E-state index contributed by atoms with van der Waals surface area (Å²) in [4.78, 5) is 26.4. The average Bonchev–Trinajstić information content (AvgIpc) is 3.00. The first kappa shape index (κ1) is 29.5. The van der Waals surface area contributed by atoms with E-state index in [1.807, 2.05) is 16.7 Å². The van der Waals surface area contributed by atoms with Gasteiger partial charge in [0.2, 0.25) is 0 Å². The van der Waals surface area contributed by atoms with Crippen LogP contribution in [-0.4, -0.2) is 77.8 Å². The second-order valence-corrected chi connectivity index (χ2v) is 12.1. The monoisotopic (exact) mass is 560 g/mol. The minimum absolute atomic E-state index is 0.0694. The Morgan fingerprint density at radius 2 is 1.80 bits per heavy atom. The van der Waals surface area contributed by atoms with Crippen LogP contribution in [0.3, 0.4) is 0 Å². The highest BCUT2D eigenvalue weighted by Gasteiger charge is 2.38. The van der Waals surface area contributed by atoms with Gasteiger partial charge >= 0.3 is 0 Å². The van der Waals surface area contributed by atoms with Gasteiger partial charge in [-0.3, -0.25) is 19.2 Å². The van der Waals surface area contributed by atoms with Gasteiger partial charge in [-0.2, -0.15) is 0 Å². The Labute approximate surface area is 245 Å². The van der Waals surface area contributed by atoms with Gasteiger partial charge in [-0.25, -0.2) is 4.98 Å². The Morgan fingerprint density at radius 1 is 1.07 bits per heavy atom. The predicted octanol–water partition coefficient (Wildman–Crippen LogP) is 4.70. The normalized spacial score (nSPS) is 19.2. The van der Waals surface area contributed by atoms with Crippen LogP contribution in [0.2, 0.25) is 0 Å². The number of fused-ring (bicyclic) bond motifs is 1. The van der Waals surface area contributed by atoms with Crippen molar-refractivity contribution in [3.63, 3.8) is 0 Å². The van der Waals surface area contributed by atoms with Crippen LogP contribution in [0.4, 0.5) is 5.69 Å². The van der Waals surface area contributed by atoms with Gasteiger partial charge in [-0.05, 0) is 96.1 Å². The van der Waals surface area contributed by atoms with Crippen molar-refractivity contribution in [2.75, 3.05) is 52.2 Å². The van der Waals surface area contributed by atoms with Crippen molar-refractivity contribution >= 4 is 16.6 Å². The number of nitrogens with one attached hydrogen (secondary N) is 1. The molecule has 0 amide bonds. The fraction of sp³-hybridized carbons (Fsp3) is 0.576. The van der Waals surface area contributed by atoms with E-state index >= 15 is 0 Å². The highest BCUT2D eigenvalue weighted by molar-refractivity contribution is 5.82. The van der Waals surface area contributed by atoms with Crippen molar-refractivity contribution < 1.29 is 5.11 Å². The zero-order valence-electron chi connectivity index (χ0n) is 25.6. The van der Waals surface area contributed by atoms with Crippen LogP contribution in [0.5, 0.6) is 5.75 Å². The third-order valence-electron chi connectivity index (χ3n) is 9.72. The minimum Gasteiger partial charge on any atom is -0.508 e. The molecule has 2 aliphatic heterocycles. The number of aromatic hydroxyl groups is 1. The van der Waals surface area contributed by atoms with E-state index in [9.17, 15) is 9.90 Å². The summed E-state index contributed by atoms with van der Waals surface area (Å²) in [5.41, 5.74) is 2.96. The van der Waals surface area contributed by atoms with Crippen LogP contribution >= 0.6 is 0 Å². The maximum atomic E-state index is 14.0. The summed E-state index contributed by atoms with van der Waals surface area (Å²) in [6.07, 6.45) is 6.17. The number of phenols is 1. The van der Waals surface area contributed by atoms with E-state index in [0.717, 1.165) is 87.3 Å². The molecule has 0 saturated carbocycles. The van der Waals surface area contributed by atoms with Crippen molar-refractivity contribution in [3.8, 4) is 5.75 Å². The summed E-state index contributed by atoms with van der Waals surface area (Å²) in [6, 6.07) is 14.7. The van der Waals surface area contributed by atoms with E-state index in [2.05, 4.69) is 79.3 Å². The average molecular weight is 561 g/mol. The van der Waals surface area contributed by atoms with Crippen LogP contribution in [0.25, 0.3) is 10.9 Å². The van der Waals surface area contributed by atoms with Crippen LogP contribution < -0.4 is 15.8 Å². The van der Waals surface area contributed by atoms with Gasteiger partial charge < -0.3 is 15.3 Å². The molecule has 2 N–H and O–H groups in total. The summed E-state index contributed by atoms with van der Waals surface area (Å²) in [7, 11) is 6.30. The molecule has 2 saturated heterocycles. The molecule has 8 heteroatoms. The Hall–Kier alpha value is -2.94. The molecule has 0 bridgehead atoms. The molecule has 8 nitrogen and oxygen atoms in total. The quantitative estimate of drug-likeness (QED) is 0.393. The lowest BCUT2D eigenvalue weighted by molar-refractivity contribution is 0.115. The second kappa shape index (κ2) is 12.5. The van der Waals surface area contributed by atoms with E-state index in [1.165, 1.54) is 0 Å². The first-order valence-electron chi connectivity index (χ1n) is 15.5. The molecule has 3 aromatic rings. The zero-order chi connectivity index (χ0) is 29.1. The van der Waals surface area contributed by atoms with E-state index in [4.69, 9.17) is 4.98 Å². The summed E-state index contributed by atoms with van der Waals surface area (Å²) >= 11 is 0. The lowest BCUT2D eigenvalue weighted by Gasteiger charge is -2.47. The van der Waals surface area contributed by atoms with Crippen LogP contribution in [0.1, 0.15) is 69.8 Å². The second-order valence-electron chi connectivity index (χ2n) is 12.1. The lowest BCUT2D eigenvalue weighted by Crippen LogP contribution is -2.50. The molecule has 222 valence electrons. The molecule has 3 heterocycles. The molecule has 0 spiro atoms. The van der Waals surface area contributed by atoms with Gasteiger partial charge in [0.25, 0.3) is 5.56 Å². The molecule has 5 rings (SSSR count). The predicted molar refractivity (Wildman–Crippen MR) is 168 cm³/mol. The smallest absolute Gasteiger partial charge is 0.261 e. The molecule has 41 heavy (non-hydrogen) atoms. The summed E-state index contributed by atoms with van der Waals surface area (Å²) in [5.74, 6) is 1.23. The minimum atomic E-state index is -0.132. The topological polar surface area (TPSA) is 76.9 Å². The number of aromatic nitrogens is 2. The number of anilines is 1. The molecule has 1 aromatic heterocycles. The van der Waals surface area contributed by atoms with E-state index in [0.29, 0.717) is 23.7 Å². The Bertz CT molecular complexity index is 1390. The van der Waals surface area contributed by atoms with Gasteiger partial charge in [-0.15, -0.1) is 0 Å². The molecular formula is C33H48N6O2. The van der Waals surface area contributed by atoms with Gasteiger partial charge in [0, 0.05) is 50.0 Å². The SMILES string of the molecule is CCCC(c1nc2ccc(N3CCC(c4cccc(O)c4)(N(C)C)CC3)cc2c(=O)n1CC)N1CCC(NC)CC1. The van der Waals surface area contributed by atoms with Crippen molar-refractivity contribution in [1.29, 1.82) is 0 Å². The van der Waals surface area contributed by atoms with Gasteiger partial charge in [-0.1, -0.05) is 25.5 Å². The van der Waals surface area contributed by atoms with E-state index in [-0.39, 0.29) is 17.1 Å². The van der Waals surface area contributed by atoms with Gasteiger partial charge in [0.05, 0.1) is 16.9 Å². The largest absolute Gasteiger partial charge is 0.508 e. The number of nitrogens with zero attached hydrogens (tertiary/aromatic N) is 5. The molecule has 2 aliphatic rings. The summed E-state index contributed by atoms with van der Waals surface area (Å²) in [6.45, 7) is 8.69. The van der Waals surface area contributed by atoms with Crippen molar-refractivity contribution in [2.45, 2.75) is 76.5 Å². The maximum Gasteiger partial charge on any atom is 0.261 e.